The van der Waals surface area contributed by atoms with E-state index in [0.717, 1.165) is 6.42 Å². The summed E-state index contributed by atoms with van der Waals surface area (Å²) in [7, 11) is 0. The molecule has 0 aromatic carbocycles. The monoisotopic (exact) mass is 156 g/mol. The van der Waals surface area contributed by atoms with Gasteiger partial charge in [0.15, 0.2) is 5.78 Å². The zero-order valence-corrected chi connectivity index (χ0v) is 7.52. The second-order valence-corrected chi connectivity index (χ2v) is 4.35. The Balaban J connectivity index is 2.16. The second-order valence-electron chi connectivity index (χ2n) is 4.35. The number of hydrogen-bond acceptors (Lipinski definition) is 2. The van der Waals surface area contributed by atoms with E-state index in [-0.39, 0.29) is 17.3 Å². The van der Waals surface area contributed by atoms with Gasteiger partial charge in [-0.25, -0.2) is 0 Å². The highest BCUT2D eigenvalue weighted by Crippen LogP contribution is 2.23. The molecule has 2 nitrogen and oxygen atoms in total. The van der Waals surface area contributed by atoms with E-state index < -0.39 is 0 Å². The number of Topliss-reactive ketones (excluding diaryl/α,β-unsaturated/α-hetero) is 1. The summed E-state index contributed by atoms with van der Waals surface area (Å²) in [4.78, 5) is 11.1. The van der Waals surface area contributed by atoms with Gasteiger partial charge in [0.05, 0.1) is 6.61 Å². The molecule has 1 saturated heterocycles. The molecule has 0 bridgehead atoms. The number of rotatable bonds is 3. The van der Waals surface area contributed by atoms with Crippen molar-refractivity contribution in [3.8, 4) is 0 Å². The molecule has 0 aromatic heterocycles. The number of carbonyl (C=O) groups excluding carboxylic acids is 1. The smallest absolute Gasteiger partial charge is 0.163 e. The standard InChI is InChI=1S/C9H16O2/c1-9(2,3)5-4-7(10)8-6-11-8/h8H,4-6H2,1-3H3. The Morgan fingerprint density at radius 1 is 1.55 bits per heavy atom. The Morgan fingerprint density at radius 3 is 2.45 bits per heavy atom. The van der Waals surface area contributed by atoms with Crippen molar-refractivity contribution in [3.05, 3.63) is 0 Å². The number of hydrogen-bond donors (Lipinski definition) is 0. The van der Waals surface area contributed by atoms with Gasteiger partial charge in [-0.2, -0.15) is 0 Å². The maximum atomic E-state index is 11.1. The lowest BCUT2D eigenvalue weighted by molar-refractivity contribution is -0.120. The van der Waals surface area contributed by atoms with E-state index in [1.807, 2.05) is 0 Å². The van der Waals surface area contributed by atoms with E-state index in [9.17, 15) is 4.79 Å². The number of ether oxygens (including phenoxy) is 1. The predicted molar refractivity (Wildman–Crippen MR) is 43.4 cm³/mol. The van der Waals surface area contributed by atoms with E-state index in [1.54, 1.807) is 0 Å². The molecule has 64 valence electrons. The van der Waals surface area contributed by atoms with Crippen molar-refractivity contribution in [1.29, 1.82) is 0 Å². The maximum Gasteiger partial charge on any atom is 0.163 e. The molecule has 0 aromatic rings. The predicted octanol–water partition coefficient (Wildman–Crippen LogP) is 1.78. The summed E-state index contributed by atoms with van der Waals surface area (Å²) in [5, 5.41) is 0. The Labute approximate surface area is 67.9 Å². The highest BCUT2D eigenvalue weighted by atomic mass is 16.6. The molecule has 2 heteroatoms. The summed E-state index contributed by atoms with van der Waals surface area (Å²) >= 11 is 0. The van der Waals surface area contributed by atoms with Crippen LogP contribution in [0.15, 0.2) is 0 Å². The molecule has 1 unspecified atom stereocenters. The molecule has 0 radical (unpaired) electrons. The van der Waals surface area contributed by atoms with Crippen LogP contribution in [0, 0.1) is 5.41 Å². The zero-order valence-electron chi connectivity index (χ0n) is 7.52. The highest BCUT2D eigenvalue weighted by Gasteiger charge is 2.31. The minimum absolute atomic E-state index is 0.0441. The van der Waals surface area contributed by atoms with Crippen LogP contribution in [0.3, 0.4) is 0 Å². The van der Waals surface area contributed by atoms with Gasteiger partial charge in [-0.1, -0.05) is 20.8 Å². The first-order chi connectivity index (χ1) is 4.99. The third-order valence-corrected chi connectivity index (χ3v) is 1.81. The Morgan fingerprint density at radius 2 is 2.09 bits per heavy atom. The lowest BCUT2D eigenvalue weighted by Crippen LogP contribution is -2.12. The number of ketones is 1. The van der Waals surface area contributed by atoms with E-state index in [2.05, 4.69) is 20.8 Å². The lowest BCUT2D eigenvalue weighted by Gasteiger charge is -2.16. The first-order valence-corrected chi connectivity index (χ1v) is 4.13. The third kappa shape index (κ3) is 3.51. The van der Waals surface area contributed by atoms with Crippen LogP contribution in [-0.4, -0.2) is 18.5 Å². The summed E-state index contributed by atoms with van der Waals surface area (Å²) in [6.45, 7) is 7.10. The summed E-state index contributed by atoms with van der Waals surface area (Å²) in [6.07, 6.45) is 1.59. The molecule has 0 amide bonds. The fourth-order valence-corrected chi connectivity index (χ4v) is 0.893. The van der Waals surface area contributed by atoms with Crippen LogP contribution < -0.4 is 0 Å². The third-order valence-electron chi connectivity index (χ3n) is 1.81. The largest absolute Gasteiger partial charge is 0.365 e. The van der Waals surface area contributed by atoms with E-state index >= 15 is 0 Å². The molecule has 11 heavy (non-hydrogen) atoms. The van der Waals surface area contributed by atoms with Gasteiger partial charge in [-0.3, -0.25) is 4.79 Å². The van der Waals surface area contributed by atoms with Crippen molar-refractivity contribution in [2.24, 2.45) is 5.41 Å². The Hall–Kier alpha value is -0.370. The summed E-state index contributed by atoms with van der Waals surface area (Å²) in [6, 6.07) is 0. The molecule has 1 aliphatic heterocycles. The molecule has 1 aliphatic rings. The minimum Gasteiger partial charge on any atom is -0.365 e. The van der Waals surface area contributed by atoms with Gasteiger partial charge in [-0.05, 0) is 11.8 Å². The SMILES string of the molecule is CC(C)(C)CCC(=O)C1CO1. The van der Waals surface area contributed by atoms with Gasteiger partial charge >= 0.3 is 0 Å². The van der Waals surface area contributed by atoms with Crippen LogP contribution in [0.1, 0.15) is 33.6 Å². The van der Waals surface area contributed by atoms with Crippen LogP contribution in [0.25, 0.3) is 0 Å². The van der Waals surface area contributed by atoms with Gasteiger partial charge < -0.3 is 4.74 Å². The maximum absolute atomic E-state index is 11.1. The average molecular weight is 156 g/mol. The number of carbonyl (C=O) groups is 1. The minimum atomic E-state index is -0.0441. The molecule has 0 N–H and O–H groups in total. The Bertz CT molecular complexity index is 151. The van der Waals surface area contributed by atoms with E-state index in [4.69, 9.17) is 4.74 Å². The Kier molecular flexibility index (Phi) is 2.33. The lowest BCUT2D eigenvalue weighted by atomic mass is 9.89. The van der Waals surface area contributed by atoms with Gasteiger partial charge in [-0.15, -0.1) is 0 Å². The van der Waals surface area contributed by atoms with E-state index in [0.29, 0.717) is 13.0 Å². The first kappa shape index (κ1) is 8.72. The topological polar surface area (TPSA) is 29.6 Å². The molecule has 1 fully saturated rings. The fourth-order valence-electron chi connectivity index (χ4n) is 0.893. The molecule has 1 atom stereocenters. The quantitative estimate of drug-likeness (QED) is 0.583. The van der Waals surface area contributed by atoms with Crippen LogP contribution in [0.2, 0.25) is 0 Å². The van der Waals surface area contributed by atoms with Gasteiger partial charge in [0.25, 0.3) is 0 Å². The molecular formula is C9H16O2. The van der Waals surface area contributed by atoms with Gasteiger partial charge in [0.2, 0.25) is 0 Å². The van der Waals surface area contributed by atoms with Crippen molar-refractivity contribution in [1.82, 2.24) is 0 Å². The molecule has 0 spiro atoms. The first-order valence-electron chi connectivity index (χ1n) is 4.13. The normalized spacial score (nSPS) is 23.4. The van der Waals surface area contributed by atoms with E-state index in [1.165, 1.54) is 0 Å². The van der Waals surface area contributed by atoms with Crippen LogP contribution in [-0.2, 0) is 9.53 Å². The number of epoxide rings is 1. The molecule has 1 heterocycles. The van der Waals surface area contributed by atoms with Crippen molar-refractivity contribution in [2.75, 3.05) is 6.61 Å². The van der Waals surface area contributed by atoms with Crippen molar-refractivity contribution in [2.45, 2.75) is 39.7 Å². The zero-order chi connectivity index (χ0) is 8.48. The molecular weight excluding hydrogens is 140 g/mol. The highest BCUT2D eigenvalue weighted by molar-refractivity contribution is 5.85. The molecule has 0 saturated carbocycles. The van der Waals surface area contributed by atoms with Crippen molar-refractivity contribution in [3.63, 3.8) is 0 Å². The van der Waals surface area contributed by atoms with Crippen LogP contribution >= 0.6 is 0 Å². The molecule has 0 aliphatic carbocycles. The van der Waals surface area contributed by atoms with Crippen LogP contribution in [0.4, 0.5) is 0 Å². The average Bonchev–Trinajstić information content (AvgIpc) is 2.61. The summed E-state index contributed by atoms with van der Waals surface area (Å²) in [5.74, 6) is 0.278. The van der Waals surface area contributed by atoms with Gasteiger partial charge in [0.1, 0.15) is 6.10 Å². The summed E-state index contributed by atoms with van der Waals surface area (Å²) < 4.78 is 4.89. The second kappa shape index (κ2) is 2.94. The van der Waals surface area contributed by atoms with Crippen molar-refractivity contribution < 1.29 is 9.53 Å². The summed E-state index contributed by atoms with van der Waals surface area (Å²) in [5.41, 5.74) is 0.268. The van der Waals surface area contributed by atoms with Crippen molar-refractivity contribution >= 4 is 5.78 Å². The fraction of sp³-hybridized carbons (Fsp3) is 0.889. The molecule has 1 rings (SSSR count). The van der Waals surface area contributed by atoms with Crippen LogP contribution in [0.5, 0.6) is 0 Å². The van der Waals surface area contributed by atoms with Gasteiger partial charge in [0, 0.05) is 6.42 Å².